The van der Waals surface area contributed by atoms with E-state index >= 15 is 0 Å². The summed E-state index contributed by atoms with van der Waals surface area (Å²) in [5, 5.41) is 8.95. The summed E-state index contributed by atoms with van der Waals surface area (Å²) in [7, 11) is 0. The highest BCUT2D eigenvalue weighted by molar-refractivity contribution is 7.80. The van der Waals surface area contributed by atoms with E-state index in [1.807, 2.05) is 30.3 Å². The van der Waals surface area contributed by atoms with Crippen molar-refractivity contribution < 1.29 is 0 Å². The van der Waals surface area contributed by atoms with Crippen LogP contribution >= 0.6 is 23.8 Å². The van der Waals surface area contributed by atoms with E-state index in [1.165, 1.54) is 22.2 Å². The van der Waals surface area contributed by atoms with Crippen molar-refractivity contribution in [2.75, 3.05) is 11.9 Å². The third-order valence-corrected chi connectivity index (χ3v) is 4.25. The normalized spacial score (nSPS) is 10.7. The number of hydrogen-bond donors (Lipinski definition) is 3. The fourth-order valence-electron chi connectivity index (χ4n) is 2.70. The molecule has 0 fully saturated rings. The lowest BCUT2D eigenvalue weighted by molar-refractivity contribution is 0.871. The topological polar surface area (TPSA) is 39.9 Å². The molecule has 2 aromatic carbocycles. The van der Waals surface area contributed by atoms with Gasteiger partial charge in [0.25, 0.3) is 0 Å². The standard InChI is InChI=1S/C18H18ClN3S/c1-12-15(16-7-2-3-8-17(16)21-12)9-10-20-18(23)22-14-6-4-5-13(19)11-14/h2-8,11,21H,9-10H2,1H3,(H2,20,22,23). The highest BCUT2D eigenvalue weighted by Crippen LogP contribution is 2.22. The molecular formula is C18H18ClN3S. The smallest absolute Gasteiger partial charge is 0.170 e. The Labute approximate surface area is 146 Å². The van der Waals surface area contributed by atoms with Crippen LogP contribution in [0.3, 0.4) is 0 Å². The first-order valence-corrected chi connectivity index (χ1v) is 8.29. The summed E-state index contributed by atoms with van der Waals surface area (Å²) < 4.78 is 0. The van der Waals surface area contributed by atoms with E-state index < -0.39 is 0 Å². The molecule has 0 radical (unpaired) electrons. The van der Waals surface area contributed by atoms with Crippen molar-refractivity contribution in [1.29, 1.82) is 0 Å². The van der Waals surface area contributed by atoms with Gasteiger partial charge in [0.2, 0.25) is 0 Å². The van der Waals surface area contributed by atoms with Gasteiger partial charge < -0.3 is 15.6 Å². The molecule has 0 amide bonds. The van der Waals surface area contributed by atoms with E-state index in [0.717, 1.165) is 18.7 Å². The summed E-state index contributed by atoms with van der Waals surface area (Å²) in [6, 6.07) is 15.9. The fraction of sp³-hybridized carbons (Fsp3) is 0.167. The minimum Gasteiger partial charge on any atom is -0.362 e. The molecular weight excluding hydrogens is 326 g/mol. The van der Waals surface area contributed by atoms with Crippen molar-refractivity contribution in [3.63, 3.8) is 0 Å². The average molecular weight is 344 g/mol. The highest BCUT2D eigenvalue weighted by atomic mass is 35.5. The summed E-state index contributed by atoms with van der Waals surface area (Å²) in [4.78, 5) is 3.42. The van der Waals surface area contributed by atoms with Gasteiger partial charge in [-0.25, -0.2) is 0 Å². The molecule has 0 bridgehead atoms. The third-order valence-electron chi connectivity index (χ3n) is 3.77. The van der Waals surface area contributed by atoms with Gasteiger partial charge in [-0.05, 0) is 55.4 Å². The zero-order chi connectivity index (χ0) is 16.2. The Morgan fingerprint density at radius 1 is 1.17 bits per heavy atom. The lowest BCUT2D eigenvalue weighted by Gasteiger charge is -2.11. The quantitative estimate of drug-likeness (QED) is 0.603. The number of anilines is 1. The number of thiocarbonyl (C=S) groups is 1. The minimum atomic E-state index is 0.602. The minimum absolute atomic E-state index is 0.602. The first kappa shape index (κ1) is 15.8. The zero-order valence-corrected chi connectivity index (χ0v) is 14.4. The van der Waals surface area contributed by atoms with Gasteiger partial charge in [0.15, 0.2) is 5.11 Å². The van der Waals surface area contributed by atoms with Gasteiger partial charge in [0.1, 0.15) is 0 Å². The summed E-state index contributed by atoms with van der Waals surface area (Å²) in [6.45, 7) is 2.88. The Kier molecular flexibility index (Phi) is 4.84. The van der Waals surface area contributed by atoms with Gasteiger partial charge in [-0.3, -0.25) is 0 Å². The van der Waals surface area contributed by atoms with Crippen molar-refractivity contribution >= 4 is 45.5 Å². The van der Waals surface area contributed by atoms with Gasteiger partial charge in [0.05, 0.1) is 0 Å². The Balaban J connectivity index is 1.58. The molecule has 118 valence electrons. The average Bonchev–Trinajstić information content (AvgIpc) is 2.83. The van der Waals surface area contributed by atoms with E-state index in [2.05, 4.69) is 40.7 Å². The van der Waals surface area contributed by atoms with Crippen molar-refractivity contribution in [1.82, 2.24) is 10.3 Å². The molecule has 0 aliphatic carbocycles. The number of aromatic amines is 1. The number of para-hydroxylation sites is 1. The molecule has 0 saturated heterocycles. The number of fused-ring (bicyclic) bond motifs is 1. The largest absolute Gasteiger partial charge is 0.362 e. The van der Waals surface area contributed by atoms with Crippen LogP contribution in [0.2, 0.25) is 5.02 Å². The molecule has 3 aromatic rings. The van der Waals surface area contributed by atoms with E-state index in [0.29, 0.717) is 10.1 Å². The van der Waals surface area contributed by atoms with Crippen LogP contribution in [0.15, 0.2) is 48.5 Å². The van der Waals surface area contributed by atoms with Gasteiger partial charge in [-0.15, -0.1) is 0 Å². The van der Waals surface area contributed by atoms with Crippen LogP contribution in [-0.4, -0.2) is 16.6 Å². The predicted molar refractivity (Wildman–Crippen MR) is 102 cm³/mol. The van der Waals surface area contributed by atoms with E-state index in [9.17, 15) is 0 Å². The summed E-state index contributed by atoms with van der Waals surface area (Å²) in [5.74, 6) is 0. The number of rotatable bonds is 4. The molecule has 0 saturated carbocycles. The zero-order valence-electron chi connectivity index (χ0n) is 12.8. The Morgan fingerprint density at radius 3 is 2.83 bits per heavy atom. The molecule has 3 rings (SSSR count). The van der Waals surface area contributed by atoms with E-state index in [4.69, 9.17) is 23.8 Å². The molecule has 1 heterocycles. The van der Waals surface area contributed by atoms with Crippen molar-refractivity contribution in [2.45, 2.75) is 13.3 Å². The molecule has 0 atom stereocenters. The van der Waals surface area contributed by atoms with Crippen molar-refractivity contribution in [3.05, 3.63) is 64.8 Å². The number of benzene rings is 2. The predicted octanol–water partition coefficient (Wildman–Crippen LogP) is 4.66. The second-order valence-corrected chi connectivity index (χ2v) is 6.26. The van der Waals surface area contributed by atoms with Crippen LogP contribution in [0, 0.1) is 6.92 Å². The maximum atomic E-state index is 5.97. The maximum absolute atomic E-state index is 5.97. The summed E-state index contributed by atoms with van der Waals surface area (Å²) in [6.07, 6.45) is 0.910. The number of H-pyrrole nitrogens is 1. The molecule has 23 heavy (non-hydrogen) atoms. The van der Waals surface area contributed by atoms with Crippen molar-refractivity contribution in [2.24, 2.45) is 0 Å². The van der Waals surface area contributed by atoms with E-state index in [1.54, 1.807) is 0 Å². The Morgan fingerprint density at radius 2 is 2.00 bits per heavy atom. The third kappa shape index (κ3) is 3.84. The maximum Gasteiger partial charge on any atom is 0.170 e. The first-order chi connectivity index (χ1) is 11.1. The van der Waals surface area contributed by atoms with Gasteiger partial charge >= 0.3 is 0 Å². The van der Waals surface area contributed by atoms with Crippen molar-refractivity contribution in [3.8, 4) is 0 Å². The van der Waals surface area contributed by atoms with Gasteiger partial charge in [0, 0.05) is 33.9 Å². The first-order valence-electron chi connectivity index (χ1n) is 7.50. The summed E-state index contributed by atoms with van der Waals surface area (Å²) >= 11 is 11.3. The van der Waals surface area contributed by atoms with Crippen LogP contribution < -0.4 is 10.6 Å². The molecule has 3 nitrogen and oxygen atoms in total. The Bertz CT molecular complexity index is 841. The number of halogens is 1. The lowest BCUT2D eigenvalue weighted by atomic mass is 10.1. The molecule has 3 N–H and O–H groups in total. The number of hydrogen-bond acceptors (Lipinski definition) is 1. The molecule has 5 heteroatoms. The van der Waals surface area contributed by atoms with Gasteiger partial charge in [-0.1, -0.05) is 35.9 Å². The molecule has 0 aliphatic rings. The highest BCUT2D eigenvalue weighted by Gasteiger charge is 2.07. The second kappa shape index (κ2) is 7.02. The number of aryl methyl sites for hydroxylation is 1. The van der Waals surface area contributed by atoms with Crippen LogP contribution in [0.5, 0.6) is 0 Å². The summed E-state index contributed by atoms with van der Waals surface area (Å²) in [5.41, 5.74) is 4.61. The molecule has 0 aliphatic heterocycles. The van der Waals surface area contributed by atoms with Crippen LogP contribution in [0.25, 0.3) is 10.9 Å². The lowest BCUT2D eigenvalue weighted by Crippen LogP contribution is -2.30. The van der Waals surface area contributed by atoms with E-state index in [-0.39, 0.29) is 0 Å². The Hall–Kier alpha value is -2.04. The fourth-order valence-corrected chi connectivity index (χ4v) is 3.11. The number of nitrogens with one attached hydrogen (secondary N) is 3. The van der Waals surface area contributed by atoms with Crippen LogP contribution in [-0.2, 0) is 6.42 Å². The molecule has 1 aromatic heterocycles. The number of aromatic nitrogens is 1. The molecule has 0 spiro atoms. The second-order valence-electron chi connectivity index (χ2n) is 5.42. The molecule has 0 unspecified atom stereocenters. The van der Waals surface area contributed by atoms with Crippen LogP contribution in [0.1, 0.15) is 11.3 Å². The monoisotopic (exact) mass is 343 g/mol. The van der Waals surface area contributed by atoms with Crippen LogP contribution in [0.4, 0.5) is 5.69 Å². The van der Waals surface area contributed by atoms with Gasteiger partial charge in [-0.2, -0.15) is 0 Å². The SMILES string of the molecule is Cc1[nH]c2ccccc2c1CCNC(=S)Nc1cccc(Cl)c1.